The Morgan fingerprint density at radius 1 is 0.932 bits per heavy atom. The van der Waals surface area contributed by atoms with E-state index >= 15 is 0 Å². The van der Waals surface area contributed by atoms with Gasteiger partial charge in [-0.1, -0.05) is 66.7 Å². The topological polar surface area (TPSA) is 63.2 Å². The van der Waals surface area contributed by atoms with E-state index in [1.165, 1.54) is 5.57 Å². The molecule has 0 amide bonds. The highest BCUT2D eigenvalue weighted by molar-refractivity contribution is 6.74. The van der Waals surface area contributed by atoms with Gasteiger partial charge in [0.05, 0.1) is 24.2 Å². The van der Waals surface area contributed by atoms with Crippen molar-refractivity contribution in [3.63, 3.8) is 0 Å². The van der Waals surface area contributed by atoms with Gasteiger partial charge >= 0.3 is 5.97 Å². The van der Waals surface area contributed by atoms with Crippen LogP contribution in [-0.2, 0) is 27.9 Å². The fourth-order valence-electron chi connectivity index (χ4n) is 6.45. The van der Waals surface area contributed by atoms with E-state index in [2.05, 4.69) is 92.9 Å². The summed E-state index contributed by atoms with van der Waals surface area (Å²) in [5, 5.41) is 0.297. The molecule has 0 unspecified atom stereocenters. The second kappa shape index (κ2) is 14.1. The van der Waals surface area contributed by atoms with E-state index in [-0.39, 0.29) is 46.4 Å². The minimum Gasteiger partial charge on any atom is -0.461 e. The Bertz CT molecular complexity index is 1030. The third kappa shape index (κ3) is 9.18. The number of carbonyl (C=O) groups excluding carboxylic acids is 1. The maximum absolute atomic E-state index is 13.6. The largest absolute Gasteiger partial charge is 0.461 e. The van der Waals surface area contributed by atoms with Crippen LogP contribution < -0.4 is 0 Å². The van der Waals surface area contributed by atoms with Gasteiger partial charge in [-0.25, -0.2) is 0 Å². The predicted molar refractivity (Wildman–Crippen MR) is 186 cm³/mol. The van der Waals surface area contributed by atoms with Crippen LogP contribution >= 0.6 is 0 Å². The number of ether oxygens (including phenoxy) is 3. The number of esters is 1. The van der Waals surface area contributed by atoms with Crippen molar-refractivity contribution in [3.05, 3.63) is 23.8 Å². The van der Waals surface area contributed by atoms with Crippen LogP contribution in [0.4, 0.5) is 0 Å². The SMILES string of the molecule is COCC(C)(C)C(=O)O[C@H]1C[C@H](O[Si](C)(C)C(C)(C)C)C=C2C=C[C@H](C)[C@H](CC[C@@H]3C[C@H](O[Si](C)(C)C(C)(C)C)CCO3)[C@H]21. The molecule has 3 aliphatic rings. The smallest absolute Gasteiger partial charge is 0.314 e. The Hall–Kier alpha value is -0.776. The fraction of sp³-hybridized carbons (Fsp3) is 0.861. The molecule has 254 valence electrons. The molecular formula is C36H66O6Si2. The molecule has 44 heavy (non-hydrogen) atoms. The van der Waals surface area contributed by atoms with Crippen LogP contribution in [0, 0.1) is 23.2 Å². The van der Waals surface area contributed by atoms with E-state index in [9.17, 15) is 4.79 Å². The van der Waals surface area contributed by atoms with Gasteiger partial charge in [0.25, 0.3) is 0 Å². The van der Waals surface area contributed by atoms with Crippen molar-refractivity contribution in [2.24, 2.45) is 23.2 Å². The standard InChI is InChI=1S/C36H66O6Si2/c1-25-15-16-26-21-29(42-44(13,14)35(5,6)7)23-31(40-33(37)36(8,9)24-38-10)32(26)30(25)18-17-27-22-28(19-20-39-27)41-43(11,12)34(2,3)4/h15-16,21,25,27-32H,17-20,22-24H2,1-14H3/t25-,27+,28+,29+,30-,31-,32-/m0/s1. The third-order valence-corrected chi connectivity index (χ3v) is 20.4. The molecule has 8 heteroatoms. The van der Waals surface area contributed by atoms with Crippen molar-refractivity contribution in [1.29, 1.82) is 0 Å². The van der Waals surface area contributed by atoms with Crippen LogP contribution in [-0.4, -0.2) is 67.3 Å². The normalized spacial score (nSPS) is 30.5. The second-order valence-electron chi connectivity index (χ2n) is 17.6. The zero-order valence-corrected chi connectivity index (χ0v) is 32.7. The minimum absolute atomic E-state index is 0.0703. The van der Waals surface area contributed by atoms with Crippen molar-refractivity contribution < 1.29 is 27.9 Å². The van der Waals surface area contributed by atoms with E-state index < -0.39 is 22.0 Å². The molecular weight excluding hydrogens is 585 g/mol. The van der Waals surface area contributed by atoms with Crippen LogP contribution in [0.1, 0.15) is 94.4 Å². The van der Waals surface area contributed by atoms with Crippen LogP contribution in [0.2, 0.25) is 36.3 Å². The second-order valence-corrected chi connectivity index (χ2v) is 27.1. The summed E-state index contributed by atoms with van der Waals surface area (Å²) in [5.74, 6) is 0.679. The number of allylic oxidation sites excluding steroid dienone is 2. The first kappa shape index (κ1) is 37.7. The molecule has 1 saturated heterocycles. The number of rotatable bonds is 11. The Kier molecular flexibility index (Phi) is 12.1. The number of hydrogen-bond acceptors (Lipinski definition) is 6. The van der Waals surface area contributed by atoms with Gasteiger partial charge in [0, 0.05) is 32.2 Å². The summed E-state index contributed by atoms with van der Waals surface area (Å²) in [6.45, 7) is 30.3. The predicted octanol–water partition coefficient (Wildman–Crippen LogP) is 9.08. The van der Waals surface area contributed by atoms with Gasteiger partial charge in [0.15, 0.2) is 16.6 Å². The molecule has 6 nitrogen and oxygen atoms in total. The molecule has 0 N–H and O–H groups in total. The Labute approximate surface area is 272 Å². The van der Waals surface area contributed by atoms with Crippen molar-refractivity contribution >= 4 is 22.6 Å². The summed E-state index contributed by atoms with van der Waals surface area (Å²) >= 11 is 0. The van der Waals surface area contributed by atoms with E-state index in [4.69, 9.17) is 23.1 Å². The van der Waals surface area contributed by atoms with E-state index in [1.54, 1.807) is 7.11 Å². The average Bonchev–Trinajstić information content (AvgIpc) is 2.86. The zero-order chi connectivity index (χ0) is 33.3. The van der Waals surface area contributed by atoms with Gasteiger partial charge in [0.1, 0.15) is 6.10 Å². The van der Waals surface area contributed by atoms with E-state index in [0.29, 0.717) is 24.9 Å². The maximum Gasteiger partial charge on any atom is 0.314 e. The van der Waals surface area contributed by atoms with Crippen molar-refractivity contribution in [2.75, 3.05) is 20.3 Å². The molecule has 0 saturated carbocycles. The molecule has 1 fully saturated rings. The lowest BCUT2D eigenvalue weighted by Gasteiger charge is -2.46. The van der Waals surface area contributed by atoms with Crippen molar-refractivity contribution in [2.45, 2.75) is 155 Å². The first-order chi connectivity index (χ1) is 20.1. The summed E-state index contributed by atoms with van der Waals surface area (Å²) in [6, 6.07) is 0. The van der Waals surface area contributed by atoms with Gasteiger partial charge in [-0.2, -0.15) is 0 Å². The Morgan fingerprint density at radius 3 is 2.14 bits per heavy atom. The summed E-state index contributed by atoms with van der Waals surface area (Å²) in [6.07, 6.45) is 11.8. The summed E-state index contributed by atoms with van der Waals surface area (Å²) in [4.78, 5) is 13.6. The molecule has 0 aromatic heterocycles. The van der Waals surface area contributed by atoms with Crippen LogP contribution in [0.5, 0.6) is 0 Å². The monoisotopic (exact) mass is 650 g/mol. The number of hydrogen-bond donors (Lipinski definition) is 0. The molecule has 0 spiro atoms. The maximum atomic E-state index is 13.6. The van der Waals surface area contributed by atoms with Gasteiger partial charge in [-0.15, -0.1) is 0 Å². The van der Waals surface area contributed by atoms with Crippen LogP contribution in [0.3, 0.4) is 0 Å². The van der Waals surface area contributed by atoms with E-state index in [1.807, 2.05) is 13.8 Å². The van der Waals surface area contributed by atoms with Gasteiger partial charge in [-0.3, -0.25) is 4.79 Å². The van der Waals surface area contributed by atoms with Crippen LogP contribution in [0.25, 0.3) is 0 Å². The summed E-state index contributed by atoms with van der Waals surface area (Å²) < 4.78 is 31.9. The van der Waals surface area contributed by atoms with Gasteiger partial charge in [0.2, 0.25) is 0 Å². The summed E-state index contributed by atoms with van der Waals surface area (Å²) in [7, 11) is -2.22. The lowest BCUT2D eigenvalue weighted by molar-refractivity contribution is -0.168. The molecule has 3 rings (SSSR count). The molecule has 0 bridgehead atoms. The Morgan fingerprint density at radius 2 is 1.55 bits per heavy atom. The molecule has 0 radical (unpaired) electrons. The van der Waals surface area contributed by atoms with Gasteiger partial charge < -0.3 is 23.1 Å². The van der Waals surface area contributed by atoms with Gasteiger partial charge in [-0.05, 0) is 93.2 Å². The molecule has 7 atom stereocenters. The van der Waals surface area contributed by atoms with Crippen molar-refractivity contribution in [1.82, 2.24) is 0 Å². The van der Waals surface area contributed by atoms with Crippen LogP contribution in [0.15, 0.2) is 23.8 Å². The average molecular weight is 651 g/mol. The quantitative estimate of drug-likeness (QED) is 0.164. The first-order valence-electron chi connectivity index (χ1n) is 17.1. The zero-order valence-electron chi connectivity index (χ0n) is 30.7. The highest BCUT2D eigenvalue weighted by atomic mass is 28.4. The highest BCUT2D eigenvalue weighted by Crippen LogP contribution is 2.47. The number of carbonyl (C=O) groups is 1. The highest BCUT2D eigenvalue weighted by Gasteiger charge is 2.47. The lowest BCUT2D eigenvalue weighted by atomic mass is 9.66. The fourth-order valence-corrected chi connectivity index (χ4v) is 9.13. The number of methoxy groups -OCH3 is 1. The Balaban J connectivity index is 1.82. The van der Waals surface area contributed by atoms with Crippen molar-refractivity contribution in [3.8, 4) is 0 Å². The first-order valence-corrected chi connectivity index (χ1v) is 23.0. The third-order valence-electron chi connectivity index (χ3n) is 11.3. The lowest BCUT2D eigenvalue weighted by Crippen LogP contribution is -2.49. The van der Waals surface area contributed by atoms with E-state index in [0.717, 1.165) is 32.3 Å². The molecule has 0 aromatic rings. The molecule has 1 heterocycles. The summed E-state index contributed by atoms with van der Waals surface area (Å²) in [5.41, 5.74) is 0.543. The molecule has 1 aliphatic heterocycles. The molecule has 2 aliphatic carbocycles. The minimum atomic E-state index is -2.03. The molecule has 0 aromatic carbocycles. The number of fused-ring (bicyclic) bond motifs is 1.